The Labute approximate surface area is 134 Å². The molecule has 0 aliphatic carbocycles. The molecule has 4 nitrogen and oxygen atoms in total. The Hall–Kier alpha value is -1.15. The van der Waals surface area contributed by atoms with Gasteiger partial charge >= 0.3 is 0 Å². The maximum Gasteiger partial charge on any atom is 0.287 e. The van der Waals surface area contributed by atoms with Crippen LogP contribution in [0.3, 0.4) is 0 Å². The standard InChI is InChI=1S/C14H14N2O2S3/c17-14(16-6-8-18-9-7-16)19-13-10-12(20-21-13)15-11-4-2-1-3-5-11/h1-5,10H,6-9H2. The van der Waals surface area contributed by atoms with Crippen LogP contribution in [0.15, 0.2) is 45.6 Å². The lowest BCUT2D eigenvalue weighted by Crippen LogP contribution is -2.38. The first-order valence-electron chi connectivity index (χ1n) is 6.56. The van der Waals surface area contributed by atoms with Gasteiger partial charge in [0.2, 0.25) is 0 Å². The highest BCUT2D eigenvalue weighted by Crippen LogP contribution is 2.27. The lowest BCUT2D eigenvalue weighted by molar-refractivity contribution is 0.0593. The fraction of sp³-hybridized carbons (Fsp3) is 0.286. The molecule has 0 N–H and O–H groups in total. The van der Waals surface area contributed by atoms with E-state index in [0.29, 0.717) is 26.3 Å². The molecule has 0 saturated carbocycles. The molecule has 1 aromatic heterocycles. The average Bonchev–Trinajstić information content (AvgIpc) is 2.96. The zero-order valence-corrected chi connectivity index (χ0v) is 13.7. The molecule has 2 heterocycles. The summed E-state index contributed by atoms with van der Waals surface area (Å²) in [6.45, 7) is 2.63. The number of hydrogen-bond acceptors (Lipinski definition) is 6. The van der Waals surface area contributed by atoms with Gasteiger partial charge in [0.05, 0.1) is 23.1 Å². The summed E-state index contributed by atoms with van der Waals surface area (Å²) in [6.07, 6.45) is 0. The van der Waals surface area contributed by atoms with E-state index >= 15 is 0 Å². The van der Waals surface area contributed by atoms with Gasteiger partial charge in [-0.3, -0.25) is 4.79 Å². The van der Waals surface area contributed by atoms with Crippen molar-refractivity contribution in [2.75, 3.05) is 26.3 Å². The molecule has 110 valence electrons. The van der Waals surface area contributed by atoms with Crippen LogP contribution in [-0.4, -0.2) is 36.4 Å². The number of amides is 1. The van der Waals surface area contributed by atoms with E-state index in [1.54, 1.807) is 20.7 Å². The summed E-state index contributed by atoms with van der Waals surface area (Å²) in [4.78, 5) is 18.5. The maximum atomic E-state index is 12.1. The van der Waals surface area contributed by atoms with E-state index in [-0.39, 0.29) is 5.24 Å². The number of para-hydroxylation sites is 1. The van der Waals surface area contributed by atoms with Crippen LogP contribution in [0.1, 0.15) is 0 Å². The predicted molar refractivity (Wildman–Crippen MR) is 87.5 cm³/mol. The van der Waals surface area contributed by atoms with Gasteiger partial charge in [0.15, 0.2) is 0 Å². The lowest BCUT2D eigenvalue weighted by Gasteiger charge is -2.25. The third kappa shape index (κ3) is 4.16. The molecule has 1 aromatic carbocycles. The second kappa shape index (κ2) is 7.22. The van der Waals surface area contributed by atoms with E-state index in [2.05, 4.69) is 4.99 Å². The van der Waals surface area contributed by atoms with Crippen molar-refractivity contribution in [2.24, 2.45) is 4.99 Å². The zero-order valence-electron chi connectivity index (χ0n) is 11.2. The first-order valence-corrected chi connectivity index (χ1v) is 9.52. The third-order valence-corrected chi connectivity index (χ3v) is 6.52. The lowest BCUT2D eigenvalue weighted by atomic mass is 10.3. The van der Waals surface area contributed by atoms with Gasteiger partial charge in [0.25, 0.3) is 5.24 Å². The minimum absolute atomic E-state index is 0.0959. The van der Waals surface area contributed by atoms with Crippen LogP contribution in [0.25, 0.3) is 0 Å². The van der Waals surface area contributed by atoms with Gasteiger partial charge in [0.1, 0.15) is 4.67 Å². The summed E-state index contributed by atoms with van der Waals surface area (Å²) in [5.41, 5.74) is 0.933. The summed E-state index contributed by atoms with van der Waals surface area (Å²) in [5.74, 6) is 0. The topological polar surface area (TPSA) is 41.9 Å². The number of hydrogen-bond donors (Lipinski definition) is 0. The summed E-state index contributed by atoms with van der Waals surface area (Å²) in [5, 5.41) is 0.0959. The summed E-state index contributed by atoms with van der Waals surface area (Å²) >= 11 is 1.28. The van der Waals surface area contributed by atoms with E-state index in [1.165, 1.54) is 11.8 Å². The van der Waals surface area contributed by atoms with Crippen molar-refractivity contribution in [3.8, 4) is 0 Å². The van der Waals surface area contributed by atoms with Crippen molar-refractivity contribution < 1.29 is 9.53 Å². The normalized spacial score (nSPS) is 16.2. The molecule has 1 fully saturated rings. The Balaban J connectivity index is 1.67. The van der Waals surface area contributed by atoms with Gasteiger partial charge in [-0.05, 0) is 30.0 Å². The maximum absolute atomic E-state index is 12.1. The highest BCUT2D eigenvalue weighted by atomic mass is 32.9. The van der Waals surface area contributed by atoms with Crippen molar-refractivity contribution in [3.05, 3.63) is 41.1 Å². The van der Waals surface area contributed by atoms with Crippen molar-refractivity contribution in [1.29, 1.82) is 0 Å². The van der Waals surface area contributed by atoms with Crippen molar-refractivity contribution in [2.45, 2.75) is 4.21 Å². The Kier molecular flexibility index (Phi) is 5.08. The molecule has 2 aromatic rings. The molecule has 21 heavy (non-hydrogen) atoms. The first-order chi connectivity index (χ1) is 10.3. The molecule has 0 bridgehead atoms. The second-order valence-electron chi connectivity index (χ2n) is 4.38. The number of morpholine rings is 1. The van der Waals surface area contributed by atoms with Gasteiger partial charge in [0, 0.05) is 13.1 Å². The molecule has 7 heteroatoms. The van der Waals surface area contributed by atoms with Crippen LogP contribution in [0.2, 0.25) is 0 Å². The van der Waals surface area contributed by atoms with E-state index in [4.69, 9.17) is 4.74 Å². The molecule has 1 aliphatic rings. The number of carbonyl (C=O) groups is 1. The number of ether oxygens (including phenoxy) is 1. The number of nitrogens with zero attached hydrogens (tertiary/aromatic N) is 2. The minimum Gasteiger partial charge on any atom is -0.378 e. The van der Waals surface area contributed by atoms with Crippen LogP contribution in [0.5, 0.6) is 0 Å². The molecule has 0 spiro atoms. The summed E-state index contributed by atoms with van der Waals surface area (Å²) in [6, 6.07) is 11.8. The molecule has 1 aliphatic heterocycles. The fourth-order valence-corrected chi connectivity index (χ4v) is 5.16. The van der Waals surface area contributed by atoms with Crippen molar-refractivity contribution in [3.63, 3.8) is 0 Å². The number of benzene rings is 1. The van der Waals surface area contributed by atoms with Crippen LogP contribution in [-0.2, 0) is 4.74 Å². The summed E-state index contributed by atoms with van der Waals surface area (Å²) in [7, 11) is 3.19. The smallest absolute Gasteiger partial charge is 0.287 e. The Morgan fingerprint density at radius 2 is 1.95 bits per heavy atom. The SMILES string of the molecule is O=C(Sc1cc(=Nc2ccccc2)ss1)N1CCOCC1. The van der Waals surface area contributed by atoms with Crippen LogP contribution in [0, 0.1) is 0 Å². The molecule has 3 rings (SSSR count). The quantitative estimate of drug-likeness (QED) is 0.621. The van der Waals surface area contributed by atoms with Gasteiger partial charge in [-0.25, -0.2) is 4.99 Å². The van der Waals surface area contributed by atoms with Crippen LogP contribution >= 0.6 is 32.4 Å². The number of thioether (sulfide) groups is 1. The predicted octanol–water partition coefficient (Wildman–Crippen LogP) is 3.59. The average molecular weight is 338 g/mol. The van der Waals surface area contributed by atoms with Crippen LogP contribution < -0.4 is 4.67 Å². The highest BCUT2D eigenvalue weighted by molar-refractivity contribution is 8.15. The van der Waals surface area contributed by atoms with E-state index < -0.39 is 0 Å². The Morgan fingerprint density at radius 1 is 1.19 bits per heavy atom. The van der Waals surface area contributed by atoms with Gasteiger partial charge in [-0.1, -0.05) is 38.9 Å². The first kappa shape index (κ1) is 14.8. The highest BCUT2D eigenvalue weighted by Gasteiger charge is 2.18. The Morgan fingerprint density at radius 3 is 2.71 bits per heavy atom. The molecule has 0 radical (unpaired) electrons. The number of carbonyl (C=O) groups excluding carboxylic acids is 1. The van der Waals surface area contributed by atoms with E-state index in [0.717, 1.165) is 14.6 Å². The van der Waals surface area contributed by atoms with Crippen molar-refractivity contribution >= 4 is 43.4 Å². The Bertz CT molecular complexity index is 660. The largest absolute Gasteiger partial charge is 0.378 e. The fourth-order valence-electron chi connectivity index (χ4n) is 1.86. The molecule has 0 atom stereocenters. The summed E-state index contributed by atoms with van der Waals surface area (Å²) < 4.78 is 7.18. The molecule has 1 saturated heterocycles. The number of rotatable bonds is 2. The van der Waals surface area contributed by atoms with E-state index in [1.807, 2.05) is 41.3 Å². The molecular weight excluding hydrogens is 324 g/mol. The zero-order chi connectivity index (χ0) is 14.5. The van der Waals surface area contributed by atoms with Gasteiger partial charge in [-0.2, -0.15) is 0 Å². The van der Waals surface area contributed by atoms with Gasteiger partial charge < -0.3 is 9.64 Å². The molecule has 1 amide bonds. The van der Waals surface area contributed by atoms with E-state index in [9.17, 15) is 4.79 Å². The van der Waals surface area contributed by atoms with Crippen molar-refractivity contribution in [1.82, 2.24) is 4.90 Å². The van der Waals surface area contributed by atoms with Gasteiger partial charge in [-0.15, -0.1) is 0 Å². The monoisotopic (exact) mass is 338 g/mol. The van der Waals surface area contributed by atoms with Crippen LogP contribution in [0.4, 0.5) is 10.5 Å². The third-order valence-electron chi connectivity index (χ3n) is 2.90. The molecule has 0 unspecified atom stereocenters. The minimum atomic E-state index is 0.0959. The second-order valence-corrected chi connectivity index (χ2v) is 7.83. The molecular formula is C14H14N2O2S3.